The fourth-order valence-corrected chi connectivity index (χ4v) is 2.53. The van der Waals surface area contributed by atoms with E-state index in [0.29, 0.717) is 12.7 Å². The minimum Gasteiger partial charge on any atom is -0.465 e. The zero-order valence-electron chi connectivity index (χ0n) is 12.7. The van der Waals surface area contributed by atoms with Crippen LogP contribution in [-0.2, 0) is 14.3 Å². The predicted octanol–water partition coefficient (Wildman–Crippen LogP) is 2.66. The summed E-state index contributed by atoms with van der Waals surface area (Å²) in [5.41, 5.74) is -0.591. The van der Waals surface area contributed by atoms with Crippen LogP contribution in [0, 0.1) is 0 Å². The van der Waals surface area contributed by atoms with Gasteiger partial charge >= 0.3 is 5.97 Å². The molecule has 0 amide bonds. The van der Waals surface area contributed by atoms with E-state index in [1.807, 2.05) is 13.8 Å². The van der Waals surface area contributed by atoms with Gasteiger partial charge in [0.05, 0.1) is 12.7 Å². The van der Waals surface area contributed by atoms with Crippen molar-refractivity contribution in [2.75, 3.05) is 20.3 Å². The Labute approximate surface area is 117 Å². The van der Waals surface area contributed by atoms with Crippen LogP contribution in [0.2, 0.25) is 0 Å². The number of carbonyl (C=O) groups is 1. The van der Waals surface area contributed by atoms with Crippen molar-refractivity contribution < 1.29 is 14.3 Å². The van der Waals surface area contributed by atoms with Gasteiger partial charge in [0.15, 0.2) is 0 Å². The molecule has 1 rings (SSSR count). The lowest BCUT2D eigenvalue weighted by molar-refractivity contribution is -0.150. The van der Waals surface area contributed by atoms with Gasteiger partial charge in [-0.05, 0) is 46.6 Å². The smallest absolute Gasteiger partial charge is 0.326 e. The Hall–Kier alpha value is -0.610. The van der Waals surface area contributed by atoms with Crippen LogP contribution in [0.1, 0.15) is 58.8 Å². The first-order valence-corrected chi connectivity index (χ1v) is 7.60. The van der Waals surface area contributed by atoms with Gasteiger partial charge in [0.25, 0.3) is 0 Å². The number of ether oxygens (including phenoxy) is 2. The molecule has 0 aromatic carbocycles. The van der Waals surface area contributed by atoms with Gasteiger partial charge in [-0.1, -0.05) is 19.3 Å². The van der Waals surface area contributed by atoms with Gasteiger partial charge in [-0.15, -0.1) is 0 Å². The van der Waals surface area contributed by atoms with Gasteiger partial charge in [-0.25, -0.2) is 0 Å². The molecule has 0 aliphatic heterocycles. The molecule has 0 bridgehead atoms. The summed E-state index contributed by atoms with van der Waals surface area (Å²) >= 11 is 0. The van der Waals surface area contributed by atoms with E-state index in [4.69, 9.17) is 9.47 Å². The van der Waals surface area contributed by atoms with Crippen LogP contribution in [0.3, 0.4) is 0 Å². The summed E-state index contributed by atoms with van der Waals surface area (Å²) in [6.45, 7) is 4.89. The summed E-state index contributed by atoms with van der Waals surface area (Å²) in [7, 11) is 1.80. The van der Waals surface area contributed by atoms with E-state index in [1.165, 1.54) is 32.1 Å². The van der Waals surface area contributed by atoms with Crippen molar-refractivity contribution in [1.82, 2.24) is 5.32 Å². The van der Waals surface area contributed by atoms with Crippen LogP contribution in [-0.4, -0.2) is 37.9 Å². The minimum atomic E-state index is -0.591. The molecule has 1 saturated carbocycles. The van der Waals surface area contributed by atoms with Crippen LogP contribution < -0.4 is 5.32 Å². The molecular weight excluding hydrogens is 242 g/mol. The molecule has 4 heteroatoms. The van der Waals surface area contributed by atoms with Crippen molar-refractivity contribution in [3.8, 4) is 0 Å². The number of likely N-dealkylation sites (N-methyl/N-ethyl adjacent to an activating group) is 1. The molecule has 0 heterocycles. The third-order valence-corrected chi connectivity index (χ3v) is 4.00. The summed E-state index contributed by atoms with van der Waals surface area (Å²) in [5, 5.41) is 3.07. The topological polar surface area (TPSA) is 47.6 Å². The molecule has 19 heavy (non-hydrogen) atoms. The van der Waals surface area contributed by atoms with Crippen molar-refractivity contribution in [2.24, 2.45) is 0 Å². The zero-order chi connectivity index (χ0) is 14.1. The van der Waals surface area contributed by atoms with Crippen LogP contribution in [0.15, 0.2) is 0 Å². The normalized spacial score (nSPS) is 19.9. The van der Waals surface area contributed by atoms with E-state index in [9.17, 15) is 4.79 Å². The van der Waals surface area contributed by atoms with Gasteiger partial charge in [0, 0.05) is 6.61 Å². The monoisotopic (exact) mass is 271 g/mol. The molecule has 1 aliphatic rings. The van der Waals surface area contributed by atoms with E-state index < -0.39 is 5.54 Å². The average Bonchev–Trinajstić information content (AvgIpc) is 2.44. The maximum atomic E-state index is 11.9. The molecular formula is C15H29NO3. The van der Waals surface area contributed by atoms with Crippen molar-refractivity contribution >= 4 is 5.97 Å². The number of hydrogen-bond acceptors (Lipinski definition) is 4. The molecule has 0 aromatic heterocycles. The average molecular weight is 271 g/mol. The summed E-state index contributed by atoms with van der Waals surface area (Å²) in [4.78, 5) is 11.9. The summed E-state index contributed by atoms with van der Waals surface area (Å²) in [6, 6.07) is 0. The Bertz CT molecular complexity index is 264. The number of nitrogens with one attached hydrogen (secondary N) is 1. The van der Waals surface area contributed by atoms with E-state index >= 15 is 0 Å². The first-order chi connectivity index (χ1) is 9.12. The number of esters is 1. The second kappa shape index (κ2) is 8.54. The Morgan fingerprint density at radius 3 is 2.58 bits per heavy atom. The quantitative estimate of drug-likeness (QED) is 0.544. The van der Waals surface area contributed by atoms with Gasteiger partial charge < -0.3 is 14.8 Å². The molecule has 1 N–H and O–H groups in total. The third kappa shape index (κ3) is 5.49. The number of rotatable bonds is 8. The second-order valence-electron chi connectivity index (χ2n) is 5.54. The summed E-state index contributed by atoms with van der Waals surface area (Å²) in [5.74, 6) is -0.171. The standard InChI is InChI=1S/C15H29NO3/c1-4-18-14(17)15(2,16-3)11-8-12-19-13-9-6-5-7-10-13/h13,16H,4-12H2,1-3H3. The molecule has 4 nitrogen and oxygen atoms in total. The Balaban J connectivity index is 2.23. The summed E-state index contributed by atoms with van der Waals surface area (Å²) in [6.07, 6.45) is 8.39. The molecule has 0 spiro atoms. The molecule has 0 aromatic rings. The van der Waals surface area contributed by atoms with E-state index in [2.05, 4.69) is 5.32 Å². The fraction of sp³-hybridized carbons (Fsp3) is 0.933. The molecule has 112 valence electrons. The van der Waals surface area contributed by atoms with Crippen molar-refractivity contribution in [3.63, 3.8) is 0 Å². The Kier molecular flexibility index (Phi) is 7.39. The number of carbonyl (C=O) groups excluding carboxylic acids is 1. The first kappa shape index (κ1) is 16.4. The molecule has 1 fully saturated rings. The maximum Gasteiger partial charge on any atom is 0.326 e. The highest BCUT2D eigenvalue weighted by Gasteiger charge is 2.32. The molecule has 1 atom stereocenters. The fourth-order valence-electron chi connectivity index (χ4n) is 2.53. The molecule has 1 unspecified atom stereocenters. The van der Waals surface area contributed by atoms with E-state index in [-0.39, 0.29) is 5.97 Å². The van der Waals surface area contributed by atoms with Gasteiger partial charge in [-0.3, -0.25) is 4.79 Å². The third-order valence-electron chi connectivity index (χ3n) is 4.00. The van der Waals surface area contributed by atoms with Gasteiger partial charge in [0.2, 0.25) is 0 Å². The van der Waals surface area contributed by atoms with E-state index in [1.54, 1.807) is 7.05 Å². The highest BCUT2D eigenvalue weighted by Crippen LogP contribution is 2.21. The van der Waals surface area contributed by atoms with Gasteiger partial charge in [-0.2, -0.15) is 0 Å². The minimum absolute atomic E-state index is 0.171. The molecule has 0 saturated heterocycles. The van der Waals surface area contributed by atoms with Gasteiger partial charge in [0.1, 0.15) is 5.54 Å². The predicted molar refractivity (Wildman–Crippen MR) is 76.2 cm³/mol. The Morgan fingerprint density at radius 2 is 2.00 bits per heavy atom. The zero-order valence-corrected chi connectivity index (χ0v) is 12.7. The van der Waals surface area contributed by atoms with Crippen LogP contribution in [0.5, 0.6) is 0 Å². The van der Waals surface area contributed by atoms with Crippen molar-refractivity contribution in [1.29, 1.82) is 0 Å². The Morgan fingerprint density at radius 1 is 1.32 bits per heavy atom. The maximum absolute atomic E-state index is 11.9. The highest BCUT2D eigenvalue weighted by atomic mass is 16.5. The van der Waals surface area contributed by atoms with Crippen molar-refractivity contribution in [2.45, 2.75) is 70.4 Å². The lowest BCUT2D eigenvalue weighted by atomic mass is 9.96. The highest BCUT2D eigenvalue weighted by molar-refractivity contribution is 5.80. The van der Waals surface area contributed by atoms with E-state index in [0.717, 1.165) is 19.4 Å². The summed E-state index contributed by atoms with van der Waals surface area (Å²) < 4.78 is 11.0. The van der Waals surface area contributed by atoms with Crippen LogP contribution in [0.4, 0.5) is 0 Å². The van der Waals surface area contributed by atoms with Crippen LogP contribution >= 0.6 is 0 Å². The largest absolute Gasteiger partial charge is 0.465 e. The first-order valence-electron chi connectivity index (χ1n) is 7.60. The number of hydrogen-bond donors (Lipinski definition) is 1. The lowest BCUT2D eigenvalue weighted by Gasteiger charge is -2.27. The lowest BCUT2D eigenvalue weighted by Crippen LogP contribution is -2.48. The van der Waals surface area contributed by atoms with Crippen LogP contribution in [0.25, 0.3) is 0 Å². The molecule has 0 radical (unpaired) electrons. The second-order valence-corrected chi connectivity index (χ2v) is 5.54. The molecule has 1 aliphatic carbocycles. The van der Waals surface area contributed by atoms with Crippen molar-refractivity contribution in [3.05, 3.63) is 0 Å². The SMILES string of the molecule is CCOC(=O)C(C)(CCCOC1CCCCC1)NC.